The summed E-state index contributed by atoms with van der Waals surface area (Å²) in [5.41, 5.74) is 7.42. The highest BCUT2D eigenvalue weighted by molar-refractivity contribution is 6.30. The monoisotopic (exact) mass is 253 g/mol. The van der Waals surface area contributed by atoms with Gasteiger partial charge in [-0.2, -0.15) is 0 Å². The topological polar surface area (TPSA) is 35.2 Å². The van der Waals surface area contributed by atoms with Gasteiger partial charge in [0.1, 0.15) is 0 Å². The van der Waals surface area contributed by atoms with Crippen LogP contribution in [-0.4, -0.2) is 19.8 Å². The van der Waals surface area contributed by atoms with Crippen LogP contribution in [0, 0.1) is 5.41 Å². The molecule has 0 radical (unpaired) electrons. The Morgan fingerprint density at radius 2 is 1.88 bits per heavy atom. The molecule has 2 rings (SSSR count). The molecule has 2 nitrogen and oxygen atoms in total. The Hall–Kier alpha value is -0.570. The summed E-state index contributed by atoms with van der Waals surface area (Å²) in [5, 5.41) is 0.780. The number of benzene rings is 1. The average molecular weight is 254 g/mol. The molecule has 0 spiro atoms. The Morgan fingerprint density at radius 3 is 2.29 bits per heavy atom. The minimum absolute atomic E-state index is 0.132. The van der Waals surface area contributed by atoms with Crippen molar-refractivity contribution in [2.75, 3.05) is 19.8 Å². The number of nitrogens with two attached hydrogens (primary N) is 1. The fraction of sp³-hybridized carbons (Fsp3) is 0.571. The third kappa shape index (κ3) is 2.65. The molecule has 1 aliphatic rings. The maximum Gasteiger partial charge on any atom is 0.0585 e. The molecule has 1 aromatic rings. The highest BCUT2D eigenvalue weighted by atomic mass is 35.5. The van der Waals surface area contributed by atoms with Gasteiger partial charge in [0.2, 0.25) is 0 Å². The summed E-state index contributed by atoms with van der Waals surface area (Å²) in [6.45, 7) is 6.70. The molecule has 1 heterocycles. The normalized spacial score (nSPS) is 18.8. The van der Waals surface area contributed by atoms with E-state index in [1.807, 2.05) is 12.1 Å². The fourth-order valence-electron chi connectivity index (χ4n) is 2.51. The van der Waals surface area contributed by atoms with Gasteiger partial charge in [-0.05, 0) is 36.1 Å². The Labute approximate surface area is 108 Å². The first kappa shape index (κ1) is 12.9. The predicted octanol–water partition coefficient (Wildman–Crippen LogP) is 2.98. The summed E-state index contributed by atoms with van der Waals surface area (Å²) in [7, 11) is 0. The largest absolute Gasteiger partial charge is 0.379 e. The molecule has 0 unspecified atom stereocenters. The lowest BCUT2D eigenvalue weighted by atomic mass is 9.68. The zero-order valence-corrected chi connectivity index (χ0v) is 11.3. The van der Waals surface area contributed by atoms with E-state index in [-0.39, 0.29) is 10.8 Å². The van der Waals surface area contributed by atoms with Crippen molar-refractivity contribution < 1.29 is 4.74 Å². The molecule has 1 saturated heterocycles. The third-order valence-corrected chi connectivity index (χ3v) is 3.83. The minimum atomic E-state index is 0.132. The molecule has 17 heavy (non-hydrogen) atoms. The summed E-state index contributed by atoms with van der Waals surface area (Å²) in [5.74, 6) is 0. The first-order valence-corrected chi connectivity index (χ1v) is 6.39. The van der Waals surface area contributed by atoms with Gasteiger partial charge in [0, 0.05) is 10.4 Å². The van der Waals surface area contributed by atoms with Crippen LogP contribution < -0.4 is 5.73 Å². The average Bonchev–Trinajstić information content (AvgIpc) is 2.25. The second-order valence-corrected chi connectivity index (χ2v) is 6.26. The zero-order valence-electron chi connectivity index (χ0n) is 10.5. The van der Waals surface area contributed by atoms with Gasteiger partial charge >= 0.3 is 0 Å². The van der Waals surface area contributed by atoms with E-state index in [0.29, 0.717) is 6.54 Å². The van der Waals surface area contributed by atoms with Crippen LogP contribution in [-0.2, 0) is 10.2 Å². The van der Waals surface area contributed by atoms with E-state index in [2.05, 4.69) is 26.0 Å². The van der Waals surface area contributed by atoms with Crippen LogP contribution in [0.2, 0.25) is 5.02 Å². The lowest BCUT2D eigenvalue weighted by Gasteiger charge is -2.46. The molecular weight excluding hydrogens is 234 g/mol. The van der Waals surface area contributed by atoms with Crippen molar-refractivity contribution in [2.45, 2.75) is 25.7 Å². The smallest absolute Gasteiger partial charge is 0.0585 e. The molecule has 0 aromatic heterocycles. The summed E-state index contributed by atoms with van der Waals surface area (Å²) >= 11 is 5.93. The Balaban J connectivity index is 2.23. The number of hydrogen-bond acceptors (Lipinski definition) is 2. The molecular formula is C14H20ClNO. The molecule has 1 aromatic carbocycles. The van der Waals surface area contributed by atoms with Crippen molar-refractivity contribution in [1.29, 1.82) is 0 Å². The van der Waals surface area contributed by atoms with Gasteiger partial charge in [-0.15, -0.1) is 0 Å². The van der Waals surface area contributed by atoms with Crippen LogP contribution in [0.15, 0.2) is 24.3 Å². The number of ether oxygens (including phenoxy) is 1. The maximum absolute atomic E-state index is 5.93. The van der Waals surface area contributed by atoms with Crippen LogP contribution in [0.1, 0.15) is 25.8 Å². The first-order chi connectivity index (χ1) is 7.97. The van der Waals surface area contributed by atoms with Crippen molar-refractivity contribution in [3.8, 4) is 0 Å². The van der Waals surface area contributed by atoms with Crippen LogP contribution in [0.3, 0.4) is 0 Å². The highest BCUT2D eigenvalue weighted by Gasteiger charge is 2.43. The molecule has 0 amide bonds. The summed E-state index contributed by atoms with van der Waals surface area (Å²) < 4.78 is 5.44. The molecule has 0 atom stereocenters. The van der Waals surface area contributed by atoms with Gasteiger partial charge in [0.05, 0.1) is 13.2 Å². The molecule has 0 bridgehead atoms. The van der Waals surface area contributed by atoms with E-state index in [1.165, 1.54) is 5.56 Å². The molecule has 1 aliphatic heterocycles. The highest BCUT2D eigenvalue weighted by Crippen LogP contribution is 2.42. The second-order valence-electron chi connectivity index (χ2n) is 5.83. The van der Waals surface area contributed by atoms with Crippen molar-refractivity contribution >= 4 is 11.6 Å². The van der Waals surface area contributed by atoms with Gasteiger partial charge in [0.25, 0.3) is 0 Å². The molecule has 3 heteroatoms. The van der Waals surface area contributed by atoms with Crippen molar-refractivity contribution in [1.82, 2.24) is 0 Å². The summed E-state index contributed by atoms with van der Waals surface area (Å²) in [6.07, 6.45) is 1.05. The zero-order chi connectivity index (χ0) is 12.5. The van der Waals surface area contributed by atoms with Crippen LogP contribution in [0.5, 0.6) is 0 Å². The lowest BCUT2D eigenvalue weighted by molar-refractivity contribution is -0.0786. The van der Waals surface area contributed by atoms with Crippen molar-refractivity contribution in [3.63, 3.8) is 0 Å². The fourth-order valence-corrected chi connectivity index (χ4v) is 2.64. The lowest BCUT2D eigenvalue weighted by Crippen LogP contribution is -2.50. The van der Waals surface area contributed by atoms with E-state index < -0.39 is 0 Å². The van der Waals surface area contributed by atoms with Gasteiger partial charge in [-0.25, -0.2) is 0 Å². The van der Waals surface area contributed by atoms with Crippen molar-refractivity contribution in [2.24, 2.45) is 11.1 Å². The summed E-state index contributed by atoms with van der Waals surface area (Å²) in [4.78, 5) is 0. The first-order valence-electron chi connectivity index (χ1n) is 6.01. The van der Waals surface area contributed by atoms with E-state index in [9.17, 15) is 0 Å². The molecule has 1 fully saturated rings. The molecule has 0 saturated carbocycles. The third-order valence-electron chi connectivity index (χ3n) is 3.58. The van der Waals surface area contributed by atoms with E-state index in [4.69, 9.17) is 22.1 Å². The van der Waals surface area contributed by atoms with Gasteiger partial charge in [-0.1, -0.05) is 37.6 Å². The number of halogens is 1. The Morgan fingerprint density at radius 1 is 1.29 bits per heavy atom. The van der Waals surface area contributed by atoms with E-state index in [0.717, 1.165) is 24.7 Å². The van der Waals surface area contributed by atoms with Crippen LogP contribution in [0.25, 0.3) is 0 Å². The molecule has 2 N–H and O–H groups in total. The maximum atomic E-state index is 5.93. The van der Waals surface area contributed by atoms with Crippen LogP contribution >= 0.6 is 11.6 Å². The van der Waals surface area contributed by atoms with Gasteiger partial charge < -0.3 is 10.5 Å². The Bertz CT molecular complexity index is 382. The minimum Gasteiger partial charge on any atom is -0.379 e. The Kier molecular flexibility index (Phi) is 3.48. The van der Waals surface area contributed by atoms with E-state index in [1.54, 1.807) is 0 Å². The van der Waals surface area contributed by atoms with E-state index >= 15 is 0 Å². The number of hydrogen-bond donors (Lipinski definition) is 1. The van der Waals surface area contributed by atoms with Gasteiger partial charge in [-0.3, -0.25) is 0 Å². The predicted molar refractivity (Wildman–Crippen MR) is 71.4 cm³/mol. The van der Waals surface area contributed by atoms with Crippen molar-refractivity contribution in [3.05, 3.63) is 34.9 Å². The van der Waals surface area contributed by atoms with Crippen LogP contribution in [0.4, 0.5) is 0 Å². The molecule has 94 valence electrons. The SMILES string of the molecule is CC(C)(CN)CC1(c2ccc(Cl)cc2)COC1. The quantitative estimate of drug-likeness (QED) is 0.895. The molecule has 0 aliphatic carbocycles. The summed E-state index contributed by atoms with van der Waals surface area (Å²) in [6, 6.07) is 8.12. The standard InChI is InChI=1S/C14H20ClNO/c1-13(2,8-16)7-14(9-17-10-14)11-3-5-12(15)6-4-11/h3-6H,7-10,16H2,1-2H3. The van der Waals surface area contributed by atoms with Gasteiger partial charge in [0.15, 0.2) is 0 Å². The number of rotatable bonds is 4. The second kappa shape index (κ2) is 4.60.